The number of carbonyl (C=O) groups is 3. The van der Waals surface area contributed by atoms with E-state index in [2.05, 4.69) is 21.2 Å². The molecule has 138 valence electrons. The van der Waals surface area contributed by atoms with E-state index >= 15 is 0 Å². The number of alkyl halides is 1. The Balaban J connectivity index is 1.44. The molecule has 0 spiro atoms. The molecule has 6 nitrogen and oxygen atoms in total. The minimum absolute atomic E-state index is 0.0432. The highest BCUT2D eigenvalue weighted by molar-refractivity contribution is 9.09. The number of hydrogen-bond donors (Lipinski definition) is 1. The van der Waals surface area contributed by atoms with Gasteiger partial charge in [-0.25, -0.2) is 4.79 Å². The van der Waals surface area contributed by atoms with Gasteiger partial charge in [-0.1, -0.05) is 22.9 Å². The molecule has 1 saturated heterocycles. The average Bonchev–Trinajstić information content (AvgIpc) is 3.24. The van der Waals surface area contributed by atoms with Crippen molar-refractivity contribution in [2.24, 2.45) is 23.7 Å². The Labute approximate surface area is 159 Å². The van der Waals surface area contributed by atoms with Crippen molar-refractivity contribution >= 4 is 39.5 Å². The predicted octanol–water partition coefficient (Wildman–Crippen LogP) is 2.76. The van der Waals surface area contributed by atoms with Gasteiger partial charge in [-0.2, -0.15) is 0 Å². The summed E-state index contributed by atoms with van der Waals surface area (Å²) in [6.07, 6.45) is 1.52. The number of esters is 2. The van der Waals surface area contributed by atoms with E-state index in [0.29, 0.717) is 17.9 Å². The fourth-order valence-corrected chi connectivity index (χ4v) is 5.57. The monoisotopic (exact) mass is 421 g/mol. The Morgan fingerprint density at radius 2 is 2.00 bits per heavy atom. The Morgan fingerprint density at radius 1 is 1.27 bits per heavy atom. The SMILES string of the molecule is CCCOC(=O)c1ccc(NC(=O)C2C3CC4C(OC(=O)C42)C3Br)cc1. The predicted molar refractivity (Wildman–Crippen MR) is 96.8 cm³/mol. The van der Waals surface area contributed by atoms with Gasteiger partial charge in [-0.05, 0) is 43.0 Å². The topological polar surface area (TPSA) is 81.7 Å². The number of carbonyl (C=O) groups excluding carboxylic acids is 3. The van der Waals surface area contributed by atoms with E-state index in [1.165, 1.54) is 0 Å². The lowest BCUT2D eigenvalue weighted by atomic mass is 9.79. The first kappa shape index (κ1) is 17.5. The molecule has 1 amide bonds. The van der Waals surface area contributed by atoms with Gasteiger partial charge in [0.25, 0.3) is 0 Å². The third-order valence-electron chi connectivity index (χ3n) is 5.65. The van der Waals surface area contributed by atoms with E-state index in [1.54, 1.807) is 24.3 Å². The van der Waals surface area contributed by atoms with Gasteiger partial charge >= 0.3 is 11.9 Å². The van der Waals surface area contributed by atoms with Crippen LogP contribution in [0, 0.1) is 23.7 Å². The quantitative estimate of drug-likeness (QED) is 0.583. The molecule has 6 unspecified atom stereocenters. The molecule has 0 aromatic heterocycles. The zero-order chi connectivity index (χ0) is 18.4. The van der Waals surface area contributed by atoms with Crippen LogP contribution in [0.5, 0.6) is 0 Å². The number of rotatable bonds is 5. The maximum atomic E-state index is 12.8. The number of fused-ring (bicyclic) bond motifs is 1. The van der Waals surface area contributed by atoms with Crippen LogP contribution in [0.3, 0.4) is 0 Å². The second-order valence-electron chi connectivity index (χ2n) is 7.16. The molecule has 1 N–H and O–H groups in total. The Hall–Kier alpha value is -1.89. The molecule has 2 aliphatic carbocycles. The van der Waals surface area contributed by atoms with Crippen molar-refractivity contribution < 1.29 is 23.9 Å². The summed E-state index contributed by atoms with van der Waals surface area (Å²) in [5.41, 5.74) is 1.04. The average molecular weight is 422 g/mol. The molecule has 4 rings (SSSR count). The van der Waals surface area contributed by atoms with Gasteiger partial charge in [0, 0.05) is 11.6 Å². The summed E-state index contributed by atoms with van der Waals surface area (Å²) in [7, 11) is 0. The van der Waals surface area contributed by atoms with Crippen LogP contribution in [-0.4, -0.2) is 35.4 Å². The van der Waals surface area contributed by atoms with Gasteiger partial charge in [0.1, 0.15) is 6.10 Å². The van der Waals surface area contributed by atoms with Crippen LogP contribution in [0.1, 0.15) is 30.1 Å². The molecular formula is C19H20BrNO5. The Bertz CT molecular complexity index is 749. The highest BCUT2D eigenvalue weighted by Gasteiger charge is 2.67. The third-order valence-corrected chi connectivity index (χ3v) is 6.85. The van der Waals surface area contributed by atoms with Gasteiger partial charge in [0.2, 0.25) is 5.91 Å². The van der Waals surface area contributed by atoms with Crippen LogP contribution >= 0.6 is 15.9 Å². The number of nitrogens with one attached hydrogen (secondary N) is 1. The Morgan fingerprint density at radius 3 is 2.69 bits per heavy atom. The summed E-state index contributed by atoms with van der Waals surface area (Å²) in [6.45, 7) is 2.31. The summed E-state index contributed by atoms with van der Waals surface area (Å²) < 4.78 is 10.5. The molecule has 0 radical (unpaired) electrons. The van der Waals surface area contributed by atoms with Crippen LogP contribution in [-0.2, 0) is 19.1 Å². The van der Waals surface area contributed by atoms with E-state index in [1.807, 2.05) is 6.92 Å². The lowest BCUT2D eigenvalue weighted by molar-refractivity contribution is -0.145. The number of hydrogen-bond acceptors (Lipinski definition) is 5. The van der Waals surface area contributed by atoms with Crippen LogP contribution in [0.2, 0.25) is 0 Å². The second-order valence-corrected chi connectivity index (χ2v) is 8.22. The van der Waals surface area contributed by atoms with Crippen molar-refractivity contribution in [1.29, 1.82) is 0 Å². The van der Waals surface area contributed by atoms with Crippen molar-refractivity contribution in [3.63, 3.8) is 0 Å². The molecule has 2 bridgehead atoms. The molecule has 1 aromatic rings. The molecule has 6 atom stereocenters. The lowest BCUT2D eigenvalue weighted by Crippen LogP contribution is -2.40. The van der Waals surface area contributed by atoms with Crippen LogP contribution in [0.15, 0.2) is 24.3 Å². The van der Waals surface area contributed by atoms with Crippen LogP contribution in [0.4, 0.5) is 5.69 Å². The molecular weight excluding hydrogens is 402 g/mol. The summed E-state index contributed by atoms with van der Waals surface area (Å²) in [4.78, 5) is 36.8. The van der Waals surface area contributed by atoms with Crippen molar-refractivity contribution in [3.05, 3.63) is 29.8 Å². The summed E-state index contributed by atoms with van der Waals surface area (Å²) >= 11 is 3.61. The van der Waals surface area contributed by atoms with Crippen molar-refractivity contribution in [1.82, 2.24) is 0 Å². The first-order valence-corrected chi connectivity index (χ1v) is 9.85. The van der Waals surface area contributed by atoms with Gasteiger partial charge in [-0.3, -0.25) is 9.59 Å². The van der Waals surface area contributed by atoms with Crippen molar-refractivity contribution in [2.45, 2.75) is 30.7 Å². The number of amides is 1. The molecule has 1 aromatic carbocycles. The zero-order valence-corrected chi connectivity index (χ0v) is 15.9. The van der Waals surface area contributed by atoms with Crippen molar-refractivity contribution in [3.8, 4) is 0 Å². The molecule has 3 aliphatic rings. The fourth-order valence-electron chi connectivity index (χ4n) is 4.52. The minimum atomic E-state index is -0.375. The van der Waals surface area contributed by atoms with E-state index in [9.17, 15) is 14.4 Å². The van der Waals surface area contributed by atoms with Gasteiger partial charge in [0.15, 0.2) is 0 Å². The third kappa shape index (κ3) is 2.73. The van der Waals surface area contributed by atoms with E-state index in [4.69, 9.17) is 9.47 Å². The molecule has 1 heterocycles. The highest BCUT2D eigenvalue weighted by atomic mass is 79.9. The standard InChI is InChI=1S/C19H20BrNO5/c1-2-7-25-18(23)9-3-5-10(6-4-9)21-17(22)13-11-8-12-14(13)19(24)26-16(12)15(11)20/h3-6,11-16H,2,7-8H2,1H3,(H,21,22). The normalized spacial score (nSPS) is 33.8. The number of anilines is 1. The largest absolute Gasteiger partial charge is 0.462 e. The number of ether oxygens (including phenoxy) is 2. The summed E-state index contributed by atoms with van der Waals surface area (Å²) in [6, 6.07) is 6.60. The van der Waals surface area contributed by atoms with E-state index < -0.39 is 0 Å². The Kier molecular flexibility index (Phi) is 4.50. The van der Waals surface area contributed by atoms with Gasteiger partial charge < -0.3 is 14.8 Å². The summed E-state index contributed by atoms with van der Waals surface area (Å²) in [5.74, 6) is -1.23. The van der Waals surface area contributed by atoms with Crippen LogP contribution < -0.4 is 5.32 Å². The number of benzene rings is 1. The maximum Gasteiger partial charge on any atom is 0.338 e. The van der Waals surface area contributed by atoms with Gasteiger partial charge in [-0.15, -0.1) is 0 Å². The minimum Gasteiger partial charge on any atom is -0.462 e. The smallest absolute Gasteiger partial charge is 0.338 e. The molecule has 3 fully saturated rings. The van der Waals surface area contributed by atoms with E-state index in [0.717, 1.165) is 12.8 Å². The summed E-state index contributed by atoms with van der Waals surface area (Å²) in [5, 5.41) is 2.88. The van der Waals surface area contributed by atoms with E-state index in [-0.39, 0.29) is 52.4 Å². The molecule has 26 heavy (non-hydrogen) atoms. The lowest BCUT2D eigenvalue weighted by Gasteiger charge is -2.27. The maximum absolute atomic E-state index is 12.8. The molecule has 7 heteroatoms. The first-order valence-electron chi connectivity index (χ1n) is 8.94. The van der Waals surface area contributed by atoms with Crippen molar-refractivity contribution in [2.75, 3.05) is 11.9 Å². The van der Waals surface area contributed by atoms with Gasteiger partial charge in [0.05, 0.1) is 28.8 Å². The number of halogens is 1. The van der Waals surface area contributed by atoms with Crippen LogP contribution in [0.25, 0.3) is 0 Å². The molecule has 2 saturated carbocycles. The fraction of sp³-hybridized carbons (Fsp3) is 0.526. The first-order chi connectivity index (χ1) is 12.5. The second kappa shape index (κ2) is 6.68. The molecule has 1 aliphatic heterocycles. The highest BCUT2D eigenvalue weighted by Crippen LogP contribution is 2.60. The zero-order valence-electron chi connectivity index (χ0n) is 14.3.